The van der Waals surface area contributed by atoms with Crippen molar-refractivity contribution < 1.29 is 9.90 Å². The highest BCUT2D eigenvalue weighted by atomic mass is 16.3. The molecule has 2 aromatic rings. The lowest BCUT2D eigenvalue weighted by Crippen LogP contribution is -2.46. The highest BCUT2D eigenvalue weighted by molar-refractivity contribution is 5.97. The second-order valence-corrected chi connectivity index (χ2v) is 4.90. The van der Waals surface area contributed by atoms with Crippen molar-refractivity contribution in [3.8, 4) is 0 Å². The molecule has 6 nitrogen and oxygen atoms in total. The number of hydrogen-bond acceptors (Lipinski definition) is 4. The van der Waals surface area contributed by atoms with Crippen molar-refractivity contribution in [2.45, 2.75) is 38.5 Å². The standard InChI is InChI=1S/C13H16N4O2/c1-2-17-12-4-3-8(5-11(12)15-16-17)13(19)14-9-6-10(18)7-9/h3-5,9-10,18H,2,6-7H2,1H3,(H,14,19). The Morgan fingerprint density at radius 2 is 2.32 bits per heavy atom. The van der Waals surface area contributed by atoms with Crippen molar-refractivity contribution in [3.05, 3.63) is 23.8 Å². The second kappa shape index (κ2) is 4.62. The first-order valence-corrected chi connectivity index (χ1v) is 6.49. The lowest BCUT2D eigenvalue weighted by Gasteiger charge is -2.31. The third-order valence-electron chi connectivity index (χ3n) is 3.52. The maximum absolute atomic E-state index is 12.0. The number of aliphatic hydroxyl groups excluding tert-OH is 1. The molecule has 19 heavy (non-hydrogen) atoms. The van der Waals surface area contributed by atoms with E-state index in [9.17, 15) is 9.90 Å². The number of hydrogen-bond donors (Lipinski definition) is 2. The van der Waals surface area contributed by atoms with Crippen LogP contribution in [0.15, 0.2) is 18.2 Å². The minimum absolute atomic E-state index is 0.0875. The molecule has 6 heteroatoms. The molecule has 1 aromatic heterocycles. The molecule has 1 saturated carbocycles. The highest BCUT2D eigenvalue weighted by Crippen LogP contribution is 2.20. The largest absolute Gasteiger partial charge is 0.393 e. The van der Waals surface area contributed by atoms with Crippen molar-refractivity contribution in [2.75, 3.05) is 0 Å². The minimum Gasteiger partial charge on any atom is -0.393 e. The molecule has 2 N–H and O–H groups in total. The summed E-state index contributed by atoms with van der Waals surface area (Å²) >= 11 is 0. The Morgan fingerprint density at radius 1 is 1.53 bits per heavy atom. The average molecular weight is 260 g/mol. The zero-order chi connectivity index (χ0) is 13.4. The Hall–Kier alpha value is -1.95. The monoisotopic (exact) mass is 260 g/mol. The van der Waals surface area contributed by atoms with E-state index in [1.165, 1.54) is 0 Å². The molecule has 1 aliphatic rings. The third-order valence-corrected chi connectivity index (χ3v) is 3.52. The van der Waals surface area contributed by atoms with Gasteiger partial charge >= 0.3 is 0 Å². The van der Waals surface area contributed by atoms with Crippen molar-refractivity contribution in [2.24, 2.45) is 0 Å². The minimum atomic E-state index is -0.266. The number of amides is 1. The lowest BCUT2D eigenvalue weighted by atomic mass is 9.89. The number of fused-ring (bicyclic) bond motifs is 1. The zero-order valence-corrected chi connectivity index (χ0v) is 10.7. The highest BCUT2D eigenvalue weighted by Gasteiger charge is 2.28. The lowest BCUT2D eigenvalue weighted by molar-refractivity contribution is 0.0563. The van der Waals surface area contributed by atoms with E-state index in [1.807, 2.05) is 13.0 Å². The van der Waals surface area contributed by atoms with Crippen molar-refractivity contribution >= 4 is 16.9 Å². The number of aromatic nitrogens is 3. The van der Waals surface area contributed by atoms with Gasteiger partial charge in [0.05, 0.1) is 11.6 Å². The van der Waals surface area contributed by atoms with Crippen LogP contribution in [0.1, 0.15) is 30.1 Å². The number of carbonyl (C=O) groups excluding carboxylic acids is 1. The van der Waals surface area contributed by atoms with Crippen LogP contribution >= 0.6 is 0 Å². The summed E-state index contributed by atoms with van der Waals surface area (Å²) in [7, 11) is 0. The van der Waals surface area contributed by atoms with Crippen LogP contribution < -0.4 is 5.32 Å². The predicted molar refractivity (Wildman–Crippen MR) is 69.7 cm³/mol. The van der Waals surface area contributed by atoms with Crippen LogP contribution in [0, 0.1) is 0 Å². The zero-order valence-electron chi connectivity index (χ0n) is 10.7. The Bertz CT molecular complexity index is 616. The summed E-state index contributed by atoms with van der Waals surface area (Å²) in [4.78, 5) is 12.0. The van der Waals surface area contributed by atoms with Gasteiger partial charge in [0.15, 0.2) is 0 Å². The fourth-order valence-corrected chi connectivity index (χ4v) is 2.32. The number of nitrogens with zero attached hydrogens (tertiary/aromatic N) is 3. The molecule has 0 spiro atoms. The quantitative estimate of drug-likeness (QED) is 0.851. The number of nitrogens with one attached hydrogen (secondary N) is 1. The van der Waals surface area contributed by atoms with E-state index in [0.29, 0.717) is 18.4 Å². The predicted octanol–water partition coefficient (Wildman–Crippen LogP) is 0.704. The summed E-state index contributed by atoms with van der Waals surface area (Å²) in [6, 6.07) is 5.48. The number of aliphatic hydroxyl groups is 1. The van der Waals surface area contributed by atoms with Crippen molar-refractivity contribution in [1.29, 1.82) is 0 Å². The first-order valence-electron chi connectivity index (χ1n) is 6.49. The Morgan fingerprint density at radius 3 is 3.00 bits per heavy atom. The van der Waals surface area contributed by atoms with Gasteiger partial charge in [-0.05, 0) is 38.0 Å². The number of carbonyl (C=O) groups is 1. The molecule has 1 aliphatic carbocycles. The maximum atomic E-state index is 12.0. The Balaban J connectivity index is 1.79. The normalized spacial score (nSPS) is 22.2. The molecule has 0 unspecified atom stereocenters. The fourth-order valence-electron chi connectivity index (χ4n) is 2.32. The number of rotatable bonds is 3. The summed E-state index contributed by atoms with van der Waals surface area (Å²) in [6.45, 7) is 2.75. The van der Waals surface area contributed by atoms with Crippen LogP contribution in [0.5, 0.6) is 0 Å². The summed E-state index contributed by atoms with van der Waals surface area (Å²) < 4.78 is 1.79. The molecule has 100 valence electrons. The number of aryl methyl sites for hydroxylation is 1. The molecule has 1 aromatic carbocycles. The van der Waals surface area contributed by atoms with Gasteiger partial charge < -0.3 is 10.4 Å². The van der Waals surface area contributed by atoms with Gasteiger partial charge in [-0.2, -0.15) is 0 Å². The molecule has 1 amide bonds. The molecule has 1 heterocycles. The van der Waals surface area contributed by atoms with E-state index in [0.717, 1.165) is 17.6 Å². The molecular weight excluding hydrogens is 244 g/mol. The van der Waals surface area contributed by atoms with E-state index in [4.69, 9.17) is 0 Å². The summed E-state index contributed by atoms with van der Waals surface area (Å²) in [6.07, 6.45) is 1.01. The first-order chi connectivity index (χ1) is 9.17. The van der Waals surface area contributed by atoms with E-state index >= 15 is 0 Å². The second-order valence-electron chi connectivity index (χ2n) is 4.90. The van der Waals surface area contributed by atoms with Crippen LogP contribution in [0.3, 0.4) is 0 Å². The van der Waals surface area contributed by atoms with Crippen molar-refractivity contribution in [3.63, 3.8) is 0 Å². The molecule has 0 saturated heterocycles. The summed E-state index contributed by atoms with van der Waals surface area (Å²) in [5.41, 5.74) is 2.23. The van der Waals surface area contributed by atoms with Crippen LogP contribution in [0.25, 0.3) is 11.0 Å². The summed E-state index contributed by atoms with van der Waals surface area (Å²) in [5.74, 6) is -0.121. The summed E-state index contributed by atoms with van der Waals surface area (Å²) in [5, 5.41) is 20.2. The maximum Gasteiger partial charge on any atom is 0.251 e. The van der Waals surface area contributed by atoms with Gasteiger partial charge in [-0.3, -0.25) is 4.79 Å². The average Bonchev–Trinajstić information content (AvgIpc) is 2.78. The molecule has 0 bridgehead atoms. The Labute approximate surface area is 110 Å². The van der Waals surface area contributed by atoms with Gasteiger partial charge in [-0.25, -0.2) is 4.68 Å². The van der Waals surface area contributed by atoms with Crippen LogP contribution in [0.2, 0.25) is 0 Å². The van der Waals surface area contributed by atoms with Gasteiger partial charge in [0.1, 0.15) is 5.52 Å². The van der Waals surface area contributed by atoms with E-state index in [-0.39, 0.29) is 18.1 Å². The van der Waals surface area contributed by atoms with Gasteiger partial charge in [-0.15, -0.1) is 5.10 Å². The molecule has 0 aliphatic heterocycles. The van der Waals surface area contributed by atoms with E-state index < -0.39 is 0 Å². The Kier molecular flexibility index (Phi) is 2.94. The third kappa shape index (κ3) is 2.19. The van der Waals surface area contributed by atoms with Crippen LogP contribution in [-0.2, 0) is 6.54 Å². The van der Waals surface area contributed by atoms with Crippen molar-refractivity contribution in [1.82, 2.24) is 20.3 Å². The van der Waals surface area contributed by atoms with Gasteiger partial charge in [0, 0.05) is 18.2 Å². The topological polar surface area (TPSA) is 80.0 Å². The smallest absolute Gasteiger partial charge is 0.251 e. The van der Waals surface area contributed by atoms with Gasteiger partial charge in [0.25, 0.3) is 5.91 Å². The van der Waals surface area contributed by atoms with Crippen LogP contribution in [0.4, 0.5) is 0 Å². The molecular formula is C13H16N4O2. The molecule has 1 fully saturated rings. The van der Waals surface area contributed by atoms with Crippen LogP contribution in [-0.4, -0.2) is 38.2 Å². The first kappa shape index (κ1) is 12.1. The van der Waals surface area contributed by atoms with E-state index in [1.54, 1.807) is 16.8 Å². The SMILES string of the molecule is CCn1nnc2cc(C(=O)NC3CC(O)C3)ccc21. The molecule has 3 rings (SSSR count). The molecule has 0 atom stereocenters. The number of benzene rings is 1. The fraction of sp³-hybridized carbons (Fsp3) is 0.462. The van der Waals surface area contributed by atoms with Gasteiger partial charge in [0.2, 0.25) is 0 Å². The van der Waals surface area contributed by atoms with E-state index in [2.05, 4.69) is 15.6 Å². The molecule has 0 radical (unpaired) electrons. The van der Waals surface area contributed by atoms with Gasteiger partial charge in [-0.1, -0.05) is 5.21 Å².